The molecule has 1 heterocycles. The van der Waals surface area contributed by atoms with Gasteiger partial charge in [-0.1, -0.05) is 44.9 Å². The summed E-state index contributed by atoms with van der Waals surface area (Å²) in [4.78, 5) is 13.4. The molecular weight excluding hydrogens is 197 g/mol. The molecule has 0 atom stereocenters. The number of carbonyl (C=O) groups excluding carboxylic acids is 1. The maximum atomic E-state index is 11.5. The van der Waals surface area contributed by atoms with Gasteiger partial charge in [0.05, 0.1) is 0 Å². The zero-order valence-corrected chi connectivity index (χ0v) is 10.6. The summed E-state index contributed by atoms with van der Waals surface area (Å²) in [6.45, 7) is 9.82. The molecule has 1 rings (SSSR count). The molecule has 1 saturated heterocycles. The van der Waals surface area contributed by atoms with E-state index in [1.165, 1.54) is 18.9 Å². The van der Waals surface area contributed by atoms with Crippen molar-refractivity contribution in [2.75, 3.05) is 13.1 Å². The Kier molecular flexibility index (Phi) is 5.65. The number of amides is 1. The normalized spacial score (nSPS) is 19.1. The highest BCUT2D eigenvalue weighted by atomic mass is 16.2. The Hall–Kier alpha value is -0.725. The van der Waals surface area contributed by atoms with Crippen LogP contribution in [0.3, 0.4) is 0 Å². The third kappa shape index (κ3) is 4.42. The van der Waals surface area contributed by atoms with E-state index in [1.54, 1.807) is 0 Å². The van der Waals surface area contributed by atoms with Crippen LogP contribution in [-0.4, -0.2) is 31.2 Å². The Morgan fingerprint density at radius 1 is 1.38 bits per heavy atom. The fourth-order valence-corrected chi connectivity index (χ4v) is 2.43. The minimum atomic E-state index is 0.0892. The molecule has 89 valence electrons. The first kappa shape index (κ1) is 13.3. The van der Waals surface area contributed by atoms with Crippen molar-refractivity contribution in [3.8, 4) is 0 Å². The third-order valence-corrected chi connectivity index (χ3v) is 3.15. The van der Waals surface area contributed by atoms with Crippen LogP contribution < -0.4 is 0 Å². The van der Waals surface area contributed by atoms with Gasteiger partial charge in [0.2, 0.25) is 5.91 Å². The molecular formula is C13H23BNO. The van der Waals surface area contributed by atoms with Crippen LogP contribution in [0.25, 0.3) is 0 Å². The Morgan fingerprint density at radius 2 is 1.94 bits per heavy atom. The number of carbonyl (C=O) groups is 1. The lowest BCUT2D eigenvalue weighted by Crippen LogP contribution is -2.33. The van der Waals surface area contributed by atoms with Crippen molar-refractivity contribution < 1.29 is 4.79 Å². The molecule has 16 heavy (non-hydrogen) atoms. The summed E-state index contributed by atoms with van der Waals surface area (Å²) in [5.74, 6) is 1.52. The summed E-state index contributed by atoms with van der Waals surface area (Å²) in [5.41, 5.74) is 0. The quantitative estimate of drug-likeness (QED) is 0.529. The van der Waals surface area contributed by atoms with Crippen LogP contribution in [0.5, 0.6) is 0 Å². The van der Waals surface area contributed by atoms with E-state index in [4.69, 9.17) is 0 Å². The van der Waals surface area contributed by atoms with Gasteiger partial charge in [-0.15, -0.1) is 0 Å². The predicted molar refractivity (Wildman–Crippen MR) is 69.8 cm³/mol. The molecule has 0 unspecified atom stereocenters. The lowest BCUT2D eigenvalue weighted by molar-refractivity contribution is -0.126. The highest BCUT2D eigenvalue weighted by Gasteiger charge is 2.18. The zero-order valence-electron chi connectivity index (χ0n) is 10.6. The second kappa shape index (κ2) is 6.77. The van der Waals surface area contributed by atoms with E-state index >= 15 is 0 Å². The minimum absolute atomic E-state index is 0.0892. The minimum Gasteiger partial charge on any atom is -0.339 e. The van der Waals surface area contributed by atoms with Gasteiger partial charge in [-0.3, -0.25) is 4.79 Å². The van der Waals surface area contributed by atoms with Crippen LogP contribution in [0.2, 0.25) is 11.6 Å². The standard InChI is InChI=1S/C13H23BNO/c1-4-13(16)15-9-5-7-12(8-6-10-15)14-11(2)3/h4,11-12H,1,5-10H2,2-3H3. The fraction of sp³-hybridized carbons (Fsp3) is 0.769. The molecule has 0 spiro atoms. The molecule has 0 aromatic heterocycles. The molecule has 1 aliphatic rings. The molecule has 2 nitrogen and oxygen atoms in total. The van der Waals surface area contributed by atoms with Crippen LogP contribution in [0.4, 0.5) is 0 Å². The van der Waals surface area contributed by atoms with E-state index in [1.807, 2.05) is 4.90 Å². The average Bonchev–Trinajstić information content (AvgIpc) is 2.20. The first-order valence-corrected chi connectivity index (χ1v) is 6.39. The fourth-order valence-electron chi connectivity index (χ4n) is 2.43. The maximum Gasteiger partial charge on any atom is 0.245 e. The van der Waals surface area contributed by atoms with Crippen LogP contribution >= 0.6 is 0 Å². The molecule has 0 N–H and O–H groups in total. The van der Waals surface area contributed by atoms with Crippen LogP contribution in [0.1, 0.15) is 39.5 Å². The van der Waals surface area contributed by atoms with Gasteiger partial charge in [-0.2, -0.15) is 0 Å². The predicted octanol–water partition coefficient (Wildman–Crippen LogP) is 2.90. The Bertz CT molecular complexity index is 230. The molecule has 3 heteroatoms. The van der Waals surface area contributed by atoms with Gasteiger partial charge in [-0.05, 0) is 18.9 Å². The van der Waals surface area contributed by atoms with Gasteiger partial charge < -0.3 is 4.90 Å². The van der Waals surface area contributed by atoms with Gasteiger partial charge >= 0.3 is 0 Å². The first-order valence-electron chi connectivity index (χ1n) is 6.39. The first-order chi connectivity index (χ1) is 7.63. The van der Waals surface area contributed by atoms with E-state index in [9.17, 15) is 4.79 Å². The van der Waals surface area contributed by atoms with E-state index in [0.717, 1.165) is 31.7 Å². The van der Waals surface area contributed by atoms with Crippen molar-refractivity contribution in [2.45, 2.75) is 51.2 Å². The summed E-state index contributed by atoms with van der Waals surface area (Å²) < 4.78 is 0. The van der Waals surface area contributed by atoms with Crippen molar-refractivity contribution in [3.05, 3.63) is 12.7 Å². The van der Waals surface area contributed by atoms with E-state index in [-0.39, 0.29) is 5.91 Å². The smallest absolute Gasteiger partial charge is 0.245 e. The van der Waals surface area contributed by atoms with E-state index < -0.39 is 0 Å². The Labute approximate surface area is 100 Å². The van der Waals surface area contributed by atoms with Crippen molar-refractivity contribution in [3.63, 3.8) is 0 Å². The number of likely N-dealkylation sites (tertiary alicyclic amines) is 1. The highest BCUT2D eigenvalue weighted by molar-refractivity contribution is 6.39. The summed E-state index contributed by atoms with van der Waals surface area (Å²) in [5, 5.41) is 0. The second-order valence-corrected chi connectivity index (χ2v) is 5.01. The van der Waals surface area contributed by atoms with Gasteiger partial charge in [-0.25, -0.2) is 0 Å². The van der Waals surface area contributed by atoms with Gasteiger partial charge in [0, 0.05) is 13.1 Å². The van der Waals surface area contributed by atoms with Gasteiger partial charge in [0.15, 0.2) is 0 Å². The summed E-state index contributed by atoms with van der Waals surface area (Å²) in [6, 6.07) is 0. The lowest BCUT2D eigenvalue weighted by atomic mass is 9.53. The van der Waals surface area contributed by atoms with E-state index in [2.05, 4.69) is 27.7 Å². The monoisotopic (exact) mass is 220 g/mol. The van der Waals surface area contributed by atoms with Crippen LogP contribution in [0.15, 0.2) is 12.7 Å². The Morgan fingerprint density at radius 3 is 2.38 bits per heavy atom. The van der Waals surface area contributed by atoms with Gasteiger partial charge in [0.1, 0.15) is 7.28 Å². The van der Waals surface area contributed by atoms with Crippen molar-refractivity contribution in [1.82, 2.24) is 4.90 Å². The summed E-state index contributed by atoms with van der Waals surface area (Å²) in [6.07, 6.45) is 6.11. The maximum absolute atomic E-state index is 11.5. The average molecular weight is 220 g/mol. The van der Waals surface area contributed by atoms with Crippen LogP contribution in [-0.2, 0) is 4.79 Å². The SMILES string of the molecule is C=CC(=O)N1CCCC([B]C(C)C)CCC1. The van der Waals surface area contributed by atoms with Crippen molar-refractivity contribution in [1.29, 1.82) is 0 Å². The lowest BCUT2D eigenvalue weighted by Gasteiger charge is -2.27. The number of rotatable bonds is 3. The summed E-state index contributed by atoms with van der Waals surface area (Å²) >= 11 is 0. The van der Waals surface area contributed by atoms with E-state index in [0.29, 0.717) is 5.82 Å². The molecule has 0 saturated carbocycles. The second-order valence-electron chi connectivity index (χ2n) is 5.01. The Balaban J connectivity index is 2.37. The highest BCUT2D eigenvalue weighted by Crippen LogP contribution is 2.25. The number of hydrogen-bond donors (Lipinski definition) is 0. The zero-order chi connectivity index (χ0) is 12.0. The molecule has 1 aliphatic heterocycles. The van der Waals surface area contributed by atoms with Crippen molar-refractivity contribution >= 4 is 13.2 Å². The van der Waals surface area contributed by atoms with Crippen LogP contribution in [0, 0.1) is 0 Å². The molecule has 0 aromatic carbocycles. The van der Waals surface area contributed by atoms with Gasteiger partial charge in [0.25, 0.3) is 0 Å². The molecule has 1 fully saturated rings. The molecule has 0 bridgehead atoms. The largest absolute Gasteiger partial charge is 0.339 e. The topological polar surface area (TPSA) is 20.3 Å². The molecule has 0 aliphatic carbocycles. The molecule has 1 amide bonds. The molecule has 0 aromatic rings. The third-order valence-electron chi connectivity index (χ3n) is 3.15. The number of nitrogens with zero attached hydrogens (tertiary/aromatic N) is 1. The van der Waals surface area contributed by atoms with Crippen molar-refractivity contribution in [2.24, 2.45) is 0 Å². The molecule has 1 radical (unpaired) electrons. The number of hydrogen-bond acceptors (Lipinski definition) is 1. The summed E-state index contributed by atoms with van der Waals surface area (Å²) in [7, 11) is 2.46.